The minimum atomic E-state index is -0.114. The summed E-state index contributed by atoms with van der Waals surface area (Å²) in [5, 5.41) is 15.2. The van der Waals surface area contributed by atoms with Gasteiger partial charge in [0, 0.05) is 18.5 Å². The first kappa shape index (κ1) is 16.3. The topological polar surface area (TPSA) is 65.5 Å². The second-order valence-corrected chi connectivity index (χ2v) is 6.50. The van der Waals surface area contributed by atoms with Gasteiger partial charge in [-0.2, -0.15) is 0 Å². The van der Waals surface area contributed by atoms with Gasteiger partial charge in [-0.1, -0.05) is 12.1 Å². The first-order chi connectivity index (χ1) is 10.4. The molecule has 1 aromatic carbocycles. The van der Waals surface area contributed by atoms with Crippen LogP contribution >= 0.6 is 11.3 Å². The van der Waals surface area contributed by atoms with E-state index >= 15 is 0 Å². The molecule has 6 heteroatoms. The summed E-state index contributed by atoms with van der Waals surface area (Å²) in [7, 11) is 1.76. The third kappa shape index (κ3) is 4.73. The lowest BCUT2D eigenvalue weighted by atomic mass is 10.1. The fraction of sp³-hybridized carbons (Fsp3) is 0.375. The number of phenolic OH excluding ortho intramolecular Hbond substituents is 1. The van der Waals surface area contributed by atoms with Gasteiger partial charge in [-0.3, -0.25) is 0 Å². The number of nitrogens with zero attached hydrogens (tertiary/aromatic N) is 2. The van der Waals surface area contributed by atoms with Crippen LogP contribution in [0.2, 0.25) is 0 Å². The Balaban J connectivity index is 1.83. The van der Waals surface area contributed by atoms with Crippen molar-refractivity contribution >= 4 is 17.4 Å². The minimum Gasteiger partial charge on any atom is -0.508 e. The predicted molar refractivity (Wildman–Crippen MR) is 88.1 cm³/mol. The highest BCUT2D eigenvalue weighted by Crippen LogP contribution is 2.12. The molecule has 2 aromatic rings. The molecule has 0 spiro atoms. The Kier molecular flexibility index (Phi) is 5.38. The van der Waals surface area contributed by atoms with E-state index in [1.165, 1.54) is 0 Å². The fourth-order valence-electron chi connectivity index (χ4n) is 2.15. The van der Waals surface area contributed by atoms with Crippen molar-refractivity contribution in [3.8, 4) is 5.75 Å². The van der Waals surface area contributed by atoms with Crippen LogP contribution < -0.4 is 5.32 Å². The molecule has 0 aliphatic heterocycles. The third-order valence-corrected chi connectivity index (χ3v) is 4.08. The second kappa shape index (κ2) is 7.26. The van der Waals surface area contributed by atoms with E-state index in [1.807, 2.05) is 31.4 Å². The maximum Gasteiger partial charge on any atom is 0.317 e. The average molecular weight is 319 g/mol. The van der Waals surface area contributed by atoms with Crippen molar-refractivity contribution in [2.45, 2.75) is 32.9 Å². The van der Waals surface area contributed by atoms with Gasteiger partial charge in [-0.15, -0.1) is 11.3 Å². The van der Waals surface area contributed by atoms with Crippen LogP contribution in [0.1, 0.15) is 23.2 Å². The number of thiazole rings is 1. The van der Waals surface area contributed by atoms with Crippen molar-refractivity contribution in [1.29, 1.82) is 0 Å². The second-order valence-electron chi connectivity index (χ2n) is 5.44. The van der Waals surface area contributed by atoms with Crippen LogP contribution in [0.15, 0.2) is 29.6 Å². The van der Waals surface area contributed by atoms with Crippen LogP contribution in [0.3, 0.4) is 0 Å². The maximum atomic E-state index is 12.2. The van der Waals surface area contributed by atoms with Gasteiger partial charge < -0.3 is 15.3 Å². The fourth-order valence-corrected chi connectivity index (χ4v) is 2.76. The number of aryl methyl sites for hydroxylation is 1. The summed E-state index contributed by atoms with van der Waals surface area (Å²) in [6.07, 6.45) is 0.718. The van der Waals surface area contributed by atoms with Gasteiger partial charge in [0.1, 0.15) is 5.75 Å². The molecule has 118 valence electrons. The Bertz CT molecular complexity index is 625. The van der Waals surface area contributed by atoms with Gasteiger partial charge in [0.25, 0.3) is 0 Å². The summed E-state index contributed by atoms with van der Waals surface area (Å²) in [6, 6.07) is 6.93. The molecule has 1 atom stereocenters. The van der Waals surface area contributed by atoms with Crippen LogP contribution in [0.4, 0.5) is 4.79 Å². The lowest BCUT2D eigenvalue weighted by Gasteiger charge is -2.20. The molecule has 0 aliphatic carbocycles. The summed E-state index contributed by atoms with van der Waals surface area (Å²) in [6.45, 7) is 4.42. The normalized spacial score (nSPS) is 12.0. The van der Waals surface area contributed by atoms with E-state index in [0.717, 1.165) is 22.7 Å². The molecule has 2 amide bonds. The predicted octanol–water partition coefficient (Wildman–Crippen LogP) is 2.93. The number of hydrogen-bond donors (Lipinski definition) is 2. The summed E-state index contributed by atoms with van der Waals surface area (Å²) < 4.78 is 0. The quantitative estimate of drug-likeness (QED) is 0.890. The van der Waals surface area contributed by atoms with Crippen molar-refractivity contribution in [3.05, 3.63) is 45.9 Å². The van der Waals surface area contributed by atoms with E-state index in [9.17, 15) is 9.90 Å². The number of hydrogen-bond acceptors (Lipinski definition) is 4. The summed E-state index contributed by atoms with van der Waals surface area (Å²) >= 11 is 1.59. The Morgan fingerprint density at radius 1 is 1.41 bits per heavy atom. The lowest BCUT2D eigenvalue weighted by Crippen LogP contribution is -2.42. The van der Waals surface area contributed by atoms with Gasteiger partial charge >= 0.3 is 6.03 Å². The third-order valence-electron chi connectivity index (χ3n) is 3.26. The number of nitrogens with one attached hydrogen (secondary N) is 1. The average Bonchev–Trinajstić information content (AvgIpc) is 2.86. The van der Waals surface area contributed by atoms with Crippen LogP contribution in [0.25, 0.3) is 0 Å². The Morgan fingerprint density at radius 3 is 2.68 bits per heavy atom. The largest absolute Gasteiger partial charge is 0.508 e. The maximum absolute atomic E-state index is 12.2. The molecule has 5 nitrogen and oxygen atoms in total. The van der Waals surface area contributed by atoms with Crippen molar-refractivity contribution in [2.24, 2.45) is 0 Å². The number of phenols is 1. The zero-order valence-electron chi connectivity index (χ0n) is 13.0. The van der Waals surface area contributed by atoms with Crippen LogP contribution in [0, 0.1) is 6.92 Å². The number of carbonyl (C=O) groups is 1. The van der Waals surface area contributed by atoms with Crippen LogP contribution in [-0.2, 0) is 13.0 Å². The van der Waals surface area contributed by atoms with E-state index in [1.54, 1.807) is 35.4 Å². The smallest absolute Gasteiger partial charge is 0.317 e. The minimum absolute atomic E-state index is 0.0108. The van der Waals surface area contributed by atoms with E-state index in [2.05, 4.69) is 10.3 Å². The molecule has 1 unspecified atom stereocenters. The van der Waals surface area contributed by atoms with E-state index in [4.69, 9.17) is 0 Å². The van der Waals surface area contributed by atoms with E-state index in [0.29, 0.717) is 6.54 Å². The van der Waals surface area contributed by atoms with Crippen molar-refractivity contribution in [1.82, 2.24) is 15.2 Å². The standard InChI is InChI=1S/C16H21N3O2S/c1-11(8-13-4-6-15(20)7-5-13)17-16(21)19(3)9-14-10-22-12(2)18-14/h4-7,10-11,20H,8-9H2,1-3H3,(H,17,21). The number of carbonyl (C=O) groups excluding carboxylic acids is 1. The number of urea groups is 1. The van der Waals surface area contributed by atoms with Gasteiger partial charge in [0.05, 0.1) is 17.2 Å². The van der Waals surface area contributed by atoms with E-state index in [-0.39, 0.29) is 17.8 Å². The van der Waals surface area contributed by atoms with E-state index < -0.39 is 0 Å². The number of rotatable bonds is 5. The Morgan fingerprint density at radius 2 is 2.09 bits per heavy atom. The molecular weight excluding hydrogens is 298 g/mol. The number of aromatic hydroxyl groups is 1. The zero-order valence-corrected chi connectivity index (χ0v) is 13.9. The molecule has 0 bridgehead atoms. The molecule has 1 aromatic heterocycles. The lowest BCUT2D eigenvalue weighted by molar-refractivity contribution is 0.203. The molecule has 1 heterocycles. The molecular formula is C16H21N3O2S. The van der Waals surface area contributed by atoms with Gasteiger partial charge in [0.15, 0.2) is 0 Å². The first-order valence-corrected chi connectivity index (χ1v) is 8.02. The highest BCUT2D eigenvalue weighted by Gasteiger charge is 2.13. The SMILES string of the molecule is Cc1nc(CN(C)C(=O)NC(C)Cc2ccc(O)cc2)cs1. The van der Waals surface area contributed by atoms with Gasteiger partial charge in [0.2, 0.25) is 0 Å². The summed E-state index contributed by atoms with van der Waals surface area (Å²) in [5.74, 6) is 0.249. The van der Waals surface area contributed by atoms with Gasteiger partial charge in [-0.05, 0) is 38.0 Å². The molecule has 0 saturated heterocycles. The monoisotopic (exact) mass is 319 g/mol. The number of amides is 2. The zero-order chi connectivity index (χ0) is 16.1. The van der Waals surface area contributed by atoms with Crippen molar-refractivity contribution in [3.63, 3.8) is 0 Å². The number of benzene rings is 1. The van der Waals surface area contributed by atoms with Crippen LogP contribution in [0.5, 0.6) is 5.75 Å². The van der Waals surface area contributed by atoms with Gasteiger partial charge in [-0.25, -0.2) is 9.78 Å². The highest BCUT2D eigenvalue weighted by atomic mass is 32.1. The Hall–Kier alpha value is -2.08. The highest BCUT2D eigenvalue weighted by molar-refractivity contribution is 7.09. The molecule has 0 radical (unpaired) electrons. The summed E-state index contributed by atoms with van der Waals surface area (Å²) in [4.78, 5) is 18.1. The van der Waals surface area contributed by atoms with Crippen LogP contribution in [-0.4, -0.2) is 34.1 Å². The van der Waals surface area contributed by atoms with Crippen molar-refractivity contribution < 1.29 is 9.90 Å². The molecule has 22 heavy (non-hydrogen) atoms. The van der Waals surface area contributed by atoms with Crippen molar-refractivity contribution in [2.75, 3.05) is 7.05 Å². The number of aromatic nitrogens is 1. The molecule has 0 fully saturated rings. The first-order valence-electron chi connectivity index (χ1n) is 7.14. The molecule has 0 aliphatic rings. The Labute approximate surface area is 134 Å². The summed E-state index contributed by atoms with van der Waals surface area (Å²) in [5.41, 5.74) is 1.98. The molecule has 0 saturated carbocycles. The molecule has 2 N–H and O–H groups in total. The molecule has 2 rings (SSSR count).